The molecule has 1 aliphatic heterocycles. The van der Waals surface area contributed by atoms with Crippen molar-refractivity contribution < 1.29 is 13.5 Å². The summed E-state index contributed by atoms with van der Waals surface area (Å²) in [7, 11) is 0. The first-order valence-corrected chi connectivity index (χ1v) is 11.0. The second kappa shape index (κ2) is 5.73. The van der Waals surface area contributed by atoms with Gasteiger partial charge in [0.15, 0.2) is 0 Å². The van der Waals surface area contributed by atoms with Crippen LogP contribution in [0, 0.1) is 24.0 Å². The molecular formula is C26H27F2NO. The van der Waals surface area contributed by atoms with E-state index in [1.807, 2.05) is 18.2 Å². The molecule has 2 heterocycles. The summed E-state index contributed by atoms with van der Waals surface area (Å²) in [5, 5.41) is 0.939. The van der Waals surface area contributed by atoms with Gasteiger partial charge in [0.25, 0.3) is 0 Å². The molecule has 3 aliphatic rings. The molecule has 0 unspecified atom stereocenters. The number of hydrogen-bond acceptors (Lipinski definition) is 1. The van der Waals surface area contributed by atoms with Gasteiger partial charge in [-0.15, -0.1) is 0 Å². The van der Waals surface area contributed by atoms with Crippen LogP contribution in [-0.4, -0.2) is 11.2 Å². The lowest BCUT2D eigenvalue weighted by Gasteiger charge is -2.63. The molecule has 2 nitrogen and oxygen atoms in total. The number of halogens is 2. The molecule has 0 bridgehead atoms. The van der Waals surface area contributed by atoms with E-state index in [0.717, 1.165) is 35.0 Å². The average Bonchev–Trinajstić information content (AvgIpc) is 2.98. The molecule has 0 saturated heterocycles. The van der Waals surface area contributed by atoms with Crippen LogP contribution in [0.3, 0.4) is 0 Å². The Bertz CT molecular complexity index is 1190. The van der Waals surface area contributed by atoms with Gasteiger partial charge >= 0.3 is 0 Å². The average molecular weight is 408 g/mol. The SMILES string of the molecule is Cc1cc(-n2c3c(c4cc(F)ccc42)C2(CC4(CCC4)C2)OCC3(C)C)ccc1F. The van der Waals surface area contributed by atoms with E-state index >= 15 is 0 Å². The van der Waals surface area contributed by atoms with Crippen molar-refractivity contribution in [1.29, 1.82) is 0 Å². The van der Waals surface area contributed by atoms with Crippen molar-refractivity contribution in [2.24, 2.45) is 5.41 Å². The van der Waals surface area contributed by atoms with Crippen molar-refractivity contribution in [1.82, 2.24) is 4.57 Å². The number of benzene rings is 2. The minimum Gasteiger partial charge on any atom is -0.369 e. The van der Waals surface area contributed by atoms with Crippen LogP contribution in [0.25, 0.3) is 16.6 Å². The minimum atomic E-state index is -0.322. The smallest absolute Gasteiger partial charge is 0.126 e. The van der Waals surface area contributed by atoms with E-state index < -0.39 is 0 Å². The molecule has 1 aromatic heterocycles. The van der Waals surface area contributed by atoms with Gasteiger partial charge in [0, 0.05) is 27.7 Å². The highest BCUT2D eigenvalue weighted by Crippen LogP contribution is 2.68. The van der Waals surface area contributed by atoms with Crippen LogP contribution >= 0.6 is 0 Å². The van der Waals surface area contributed by atoms with Crippen LogP contribution in [0.2, 0.25) is 0 Å². The van der Waals surface area contributed by atoms with Crippen LogP contribution in [-0.2, 0) is 15.8 Å². The zero-order valence-corrected chi connectivity index (χ0v) is 17.8. The summed E-state index contributed by atoms with van der Waals surface area (Å²) in [6, 6.07) is 10.3. The fourth-order valence-electron chi connectivity index (χ4n) is 6.33. The van der Waals surface area contributed by atoms with E-state index in [4.69, 9.17) is 4.74 Å². The Morgan fingerprint density at radius 2 is 1.77 bits per heavy atom. The Balaban J connectivity index is 1.67. The lowest BCUT2D eigenvalue weighted by atomic mass is 9.47. The highest BCUT2D eigenvalue weighted by molar-refractivity contribution is 5.89. The molecular weight excluding hydrogens is 380 g/mol. The van der Waals surface area contributed by atoms with E-state index in [-0.39, 0.29) is 22.7 Å². The highest BCUT2D eigenvalue weighted by atomic mass is 19.1. The number of rotatable bonds is 1. The molecule has 4 heteroatoms. The zero-order valence-electron chi connectivity index (χ0n) is 17.8. The lowest BCUT2D eigenvalue weighted by Crippen LogP contribution is -2.58. The largest absolute Gasteiger partial charge is 0.369 e. The third kappa shape index (κ3) is 2.31. The van der Waals surface area contributed by atoms with Crippen molar-refractivity contribution in [3.63, 3.8) is 0 Å². The topological polar surface area (TPSA) is 14.2 Å². The number of aromatic nitrogens is 1. The number of hydrogen-bond donors (Lipinski definition) is 0. The maximum absolute atomic E-state index is 14.4. The standard InChI is InChI=1S/C26H27F2NO/c1-16-11-18(6-7-20(16)28)29-21-8-5-17(27)12-19(21)22-23(29)24(2,3)15-30-26(22)13-25(14-26)9-4-10-25/h5-8,11-12H,4,9-10,13-15H2,1-3H3. The van der Waals surface area contributed by atoms with Crippen LogP contribution in [0.4, 0.5) is 8.78 Å². The van der Waals surface area contributed by atoms with Crippen LogP contribution in [0.5, 0.6) is 0 Å². The lowest BCUT2D eigenvalue weighted by molar-refractivity contribution is -0.217. The molecule has 0 amide bonds. The van der Waals surface area contributed by atoms with E-state index in [1.165, 1.54) is 37.1 Å². The molecule has 6 rings (SSSR count). The second-order valence-corrected chi connectivity index (χ2v) is 10.5. The maximum Gasteiger partial charge on any atom is 0.126 e. The summed E-state index contributed by atoms with van der Waals surface area (Å²) in [5.41, 5.74) is 4.73. The van der Waals surface area contributed by atoms with Gasteiger partial charge < -0.3 is 9.30 Å². The Hall–Kier alpha value is -2.20. The Morgan fingerprint density at radius 3 is 2.43 bits per heavy atom. The van der Waals surface area contributed by atoms with Gasteiger partial charge in [-0.05, 0) is 80.0 Å². The Morgan fingerprint density at radius 1 is 1.00 bits per heavy atom. The molecule has 2 saturated carbocycles. The van der Waals surface area contributed by atoms with Gasteiger partial charge in [0.1, 0.15) is 11.6 Å². The predicted molar refractivity (Wildman–Crippen MR) is 114 cm³/mol. The van der Waals surface area contributed by atoms with Crippen LogP contribution in [0.15, 0.2) is 36.4 Å². The molecule has 2 aromatic carbocycles. The van der Waals surface area contributed by atoms with Crippen LogP contribution in [0.1, 0.15) is 62.8 Å². The molecule has 0 N–H and O–H groups in total. The van der Waals surface area contributed by atoms with Gasteiger partial charge in [0.05, 0.1) is 17.7 Å². The number of nitrogens with zero attached hydrogens (tertiary/aromatic N) is 1. The third-order valence-corrected chi connectivity index (χ3v) is 7.87. The van der Waals surface area contributed by atoms with E-state index in [0.29, 0.717) is 17.6 Å². The second-order valence-electron chi connectivity index (χ2n) is 10.5. The monoisotopic (exact) mass is 407 g/mol. The fraction of sp³-hybridized carbons (Fsp3) is 0.462. The molecule has 30 heavy (non-hydrogen) atoms. The van der Waals surface area contributed by atoms with Crippen molar-refractivity contribution >= 4 is 10.9 Å². The molecule has 0 atom stereocenters. The zero-order chi connectivity index (χ0) is 20.9. The van der Waals surface area contributed by atoms with Gasteiger partial charge in [-0.1, -0.05) is 20.3 Å². The molecule has 0 radical (unpaired) electrons. The van der Waals surface area contributed by atoms with Gasteiger partial charge in [0.2, 0.25) is 0 Å². The van der Waals surface area contributed by atoms with Crippen molar-refractivity contribution in [3.8, 4) is 5.69 Å². The highest BCUT2D eigenvalue weighted by Gasteiger charge is 2.62. The van der Waals surface area contributed by atoms with Crippen molar-refractivity contribution in [2.45, 2.75) is 63.9 Å². The summed E-state index contributed by atoms with van der Waals surface area (Å²) in [6.07, 6.45) is 5.92. The summed E-state index contributed by atoms with van der Waals surface area (Å²) in [6.45, 7) is 6.81. The molecule has 156 valence electrons. The Labute approximate surface area is 175 Å². The first kappa shape index (κ1) is 18.6. The quantitative estimate of drug-likeness (QED) is 0.439. The van der Waals surface area contributed by atoms with Gasteiger partial charge in [-0.25, -0.2) is 8.78 Å². The number of ether oxygens (including phenoxy) is 1. The maximum atomic E-state index is 14.4. The first-order valence-electron chi connectivity index (χ1n) is 11.0. The van der Waals surface area contributed by atoms with E-state index in [9.17, 15) is 8.78 Å². The number of fused-ring (bicyclic) bond motifs is 4. The van der Waals surface area contributed by atoms with Gasteiger partial charge in [-0.2, -0.15) is 0 Å². The summed E-state index contributed by atoms with van der Waals surface area (Å²) < 4.78 is 37.3. The molecule has 3 aromatic rings. The predicted octanol–water partition coefficient (Wildman–Crippen LogP) is 6.68. The number of aryl methyl sites for hydroxylation is 1. The minimum absolute atomic E-state index is 0.208. The van der Waals surface area contributed by atoms with Crippen molar-refractivity contribution in [3.05, 3.63) is 64.9 Å². The summed E-state index contributed by atoms with van der Waals surface area (Å²) >= 11 is 0. The Kier molecular flexibility index (Phi) is 3.54. The summed E-state index contributed by atoms with van der Waals surface area (Å²) in [4.78, 5) is 0. The molecule has 2 fully saturated rings. The van der Waals surface area contributed by atoms with Crippen molar-refractivity contribution in [2.75, 3.05) is 6.61 Å². The summed E-state index contributed by atoms with van der Waals surface area (Å²) in [5.74, 6) is -0.436. The van der Waals surface area contributed by atoms with E-state index in [1.54, 1.807) is 13.0 Å². The normalized spacial score (nSPS) is 22.7. The third-order valence-electron chi connectivity index (χ3n) is 7.87. The first-order chi connectivity index (χ1) is 14.2. The fourth-order valence-corrected chi connectivity index (χ4v) is 6.33. The van der Waals surface area contributed by atoms with Crippen LogP contribution < -0.4 is 0 Å². The molecule has 2 spiro atoms. The van der Waals surface area contributed by atoms with Gasteiger partial charge in [-0.3, -0.25) is 0 Å². The van der Waals surface area contributed by atoms with E-state index in [2.05, 4.69) is 18.4 Å². The molecule has 2 aliphatic carbocycles.